The van der Waals surface area contributed by atoms with Crippen LogP contribution >= 0.6 is 0 Å². The van der Waals surface area contributed by atoms with Gasteiger partial charge in [0.05, 0.1) is 13.2 Å². The molecule has 1 aliphatic carbocycles. The van der Waals surface area contributed by atoms with E-state index in [0.29, 0.717) is 5.92 Å². The molecule has 0 radical (unpaired) electrons. The Bertz CT molecular complexity index is 391. The van der Waals surface area contributed by atoms with Gasteiger partial charge in [0.25, 0.3) is 0 Å². The van der Waals surface area contributed by atoms with Crippen LogP contribution in [0.1, 0.15) is 24.8 Å². The molecule has 1 saturated heterocycles. The van der Waals surface area contributed by atoms with Crippen LogP contribution in [0.15, 0.2) is 36.4 Å². The second-order valence-corrected chi connectivity index (χ2v) is 4.88. The molecular formula is C15H18O2. The number of benzene rings is 1. The predicted octanol–water partition coefficient (Wildman–Crippen LogP) is 3.24. The maximum Gasteiger partial charge on any atom is 0.169 e. The Labute approximate surface area is 102 Å². The number of ether oxygens (including phenoxy) is 2. The highest BCUT2D eigenvalue weighted by molar-refractivity contribution is 5.49. The molecule has 0 aromatic heterocycles. The van der Waals surface area contributed by atoms with Crippen LogP contribution in [0.5, 0.6) is 0 Å². The predicted molar refractivity (Wildman–Crippen MR) is 67.5 cm³/mol. The highest BCUT2D eigenvalue weighted by Crippen LogP contribution is 2.41. The first-order valence-corrected chi connectivity index (χ1v) is 6.38. The highest BCUT2D eigenvalue weighted by atomic mass is 16.7. The SMILES string of the molecule is C(=C\C1CCC2(C1)OCCO2)/c1ccccc1. The van der Waals surface area contributed by atoms with Crippen LogP contribution < -0.4 is 0 Å². The van der Waals surface area contributed by atoms with Gasteiger partial charge in [-0.25, -0.2) is 0 Å². The van der Waals surface area contributed by atoms with Gasteiger partial charge in [-0.05, 0) is 17.9 Å². The number of rotatable bonds is 2. The first-order valence-electron chi connectivity index (χ1n) is 6.38. The summed E-state index contributed by atoms with van der Waals surface area (Å²) in [6.07, 6.45) is 7.73. The van der Waals surface area contributed by atoms with Gasteiger partial charge in [-0.1, -0.05) is 42.5 Å². The first kappa shape index (κ1) is 11.0. The summed E-state index contributed by atoms with van der Waals surface area (Å²) < 4.78 is 11.5. The molecule has 2 heteroatoms. The van der Waals surface area contributed by atoms with E-state index < -0.39 is 0 Å². The Morgan fingerprint density at radius 2 is 1.88 bits per heavy atom. The van der Waals surface area contributed by atoms with Gasteiger partial charge in [0.1, 0.15) is 0 Å². The summed E-state index contributed by atoms with van der Waals surface area (Å²) in [6.45, 7) is 1.52. The van der Waals surface area contributed by atoms with Crippen molar-refractivity contribution >= 4 is 6.08 Å². The fourth-order valence-corrected chi connectivity index (χ4v) is 2.74. The second-order valence-electron chi connectivity index (χ2n) is 4.88. The molecule has 0 N–H and O–H groups in total. The normalized spacial score (nSPS) is 27.2. The van der Waals surface area contributed by atoms with Crippen LogP contribution in [-0.4, -0.2) is 19.0 Å². The van der Waals surface area contributed by atoms with E-state index in [0.717, 1.165) is 26.1 Å². The number of allylic oxidation sites excluding steroid dienone is 1. The quantitative estimate of drug-likeness (QED) is 0.776. The zero-order valence-corrected chi connectivity index (χ0v) is 9.97. The van der Waals surface area contributed by atoms with E-state index in [2.05, 4.69) is 36.4 Å². The van der Waals surface area contributed by atoms with Crippen molar-refractivity contribution in [2.75, 3.05) is 13.2 Å². The van der Waals surface area contributed by atoms with Crippen LogP contribution in [0.2, 0.25) is 0 Å². The maximum absolute atomic E-state index is 5.73. The van der Waals surface area contributed by atoms with Crippen molar-refractivity contribution in [3.05, 3.63) is 42.0 Å². The minimum atomic E-state index is -0.244. The van der Waals surface area contributed by atoms with E-state index in [9.17, 15) is 0 Å². The van der Waals surface area contributed by atoms with E-state index in [1.807, 2.05) is 6.07 Å². The fraction of sp³-hybridized carbons (Fsp3) is 0.467. The molecule has 1 heterocycles. The zero-order chi connectivity index (χ0) is 11.6. The van der Waals surface area contributed by atoms with Gasteiger partial charge in [0.15, 0.2) is 5.79 Å². The van der Waals surface area contributed by atoms with Crippen LogP contribution in [0, 0.1) is 5.92 Å². The zero-order valence-electron chi connectivity index (χ0n) is 9.97. The molecule has 90 valence electrons. The third kappa shape index (κ3) is 2.43. The lowest BCUT2D eigenvalue weighted by molar-refractivity contribution is -0.151. The monoisotopic (exact) mass is 230 g/mol. The van der Waals surface area contributed by atoms with Gasteiger partial charge < -0.3 is 9.47 Å². The van der Waals surface area contributed by atoms with Crippen molar-refractivity contribution < 1.29 is 9.47 Å². The molecule has 1 unspecified atom stereocenters. The van der Waals surface area contributed by atoms with E-state index in [4.69, 9.17) is 9.47 Å². The van der Waals surface area contributed by atoms with Gasteiger partial charge >= 0.3 is 0 Å². The Kier molecular flexibility index (Phi) is 3.00. The van der Waals surface area contributed by atoms with Crippen molar-refractivity contribution in [3.8, 4) is 0 Å². The Morgan fingerprint density at radius 1 is 1.12 bits per heavy atom. The minimum Gasteiger partial charge on any atom is -0.348 e. The minimum absolute atomic E-state index is 0.244. The van der Waals surface area contributed by atoms with Crippen LogP contribution in [0.4, 0.5) is 0 Å². The van der Waals surface area contributed by atoms with E-state index >= 15 is 0 Å². The Balaban J connectivity index is 1.62. The molecule has 1 atom stereocenters. The molecule has 2 fully saturated rings. The second kappa shape index (κ2) is 4.63. The average molecular weight is 230 g/mol. The molecular weight excluding hydrogens is 212 g/mol. The van der Waals surface area contributed by atoms with Crippen molar-refractivity contribution in [1.82, 2.24) is 0 Å². The lowest BCUT2D eigenvalue weighted by atomic mass is 10.1. The van der Waals surface area contributed by atoms with Gasteiger partial charge in [0.2, 0.25) is 0 Å². The first-order chi connectivity index (χ1) is 8.36. The van der Waals surface area contributed by atoms with Gasteiger partial charge in [-0.2, -0.15) is 0 Å². The van der Waals surface area contributed by atoms with E-state index in [-0.39, 0.29) is 5.79 Å². The largest absolute Gasteiger partial charge is 0.348 e. The summed E-state index contributed by atoms with van der Waals surface area (Å²) in [4.78, 5) is 0. The summed E-state index contributed by atoms with van der Waals surface area (Å²) in [5.74, 6) is 0.347. The third-order valence-electron chi connectivity index (χ3n) is 3.64. The van der Waals surface area contributed by atoms with E-state index in [1.54, 1.807) is 0 Å². The average Bonchev–Trinajstić information content (AvgIpc) is 2.99. The van der Waals surface area contributed by atoms with Gasteiger partial charge in [0, 0.05) is 12.8 Å². The van der Waals surface area contributed by atoms with Crippen molar-refractivity contribution in [1.29, 1.82) is 0 Å². The van der Waals surface area contributed by atoms with Crippen molar-refractivity contribution in [2.45, 2.75) is 25.0 Å². The standard InChI is InChI=1S/C15H18O2/c1-2-4-13(5-3-1)6-7-14-8-9-15(12-14)16-10-11-17-15/h1-7,14H,8-12H2/b7-6+. The van der Waals surface area contributed by atoms with Gasteiger partial charge in [-0.15, -0.1) is 0 Å². The smallest absolute Gasteiger partial charge is 0.169 e. The Morgan fingerprint density at radius 3 is 2.65 bits per heavy atom. The van der Waals surface area contributed by atoms with Crippen molar-refractivity contribution in [2.24, 2.45) is 5.92 Å². The summed E-state index contributed by atoms with van der Waals surface area (Å²) in [5.41, 5.74) is 1.27. The van der Waals surface area contributed by atoms with E-state index in [1.165, 1.54) is 12.0 Å². The van der Waals surface area contributed by atoms with Gasteiger partial charge in [-0.3, -0.25) is 0 Å². The molecule has 3 rings (SSSR count). The topological polar surface area (TPSA) is 18.5 Å². The Hall–Kier alpha value is -1.12. The lowest BCUT2D eigenvalue weighted by Crippen LogP contribution is -2.25. The molecule has 17 heavy (non-hydrogen) atoms. The number of hydrogen-bond acceptors (Lipinski definition) is 2. The fourth-order valence-electron chi connectivity index (χ4n) is 2.74. The molecule has 0 bridgehead atoms. The third-order valence-corrected chi connectivity index (χ3v) is 3.64. The molecule has 0 amide bonds. The van der Waals surface area contributed by atoms with Crippen LogP contribution in [0.25, 0.3) is 6.08 Å². The molecule has 1 saturated carbocycles. The molecule has 1 aromatic rings. The maximum atomic E-state index is 5.73. The molecule has 1 spiro atoms. The molecule has 2 nitrogen and oxygen atoms in total. The van der Waals surface area contributed by atoms with Crippen molar-refractivity contribution in [3.63, 3.8) is 0 Å². The summed E-state index contributed by atoms with van der Waals surface area (Å²) in [7, 11) is 0. The summed E-state index contributed by atoms with van der Waals surface area (Å²) in [6, 6.07) is 10.4. The summed E-state index contributed by atoms with van der Waals surface area (Å²) >= 11 is 0. The highest BCUT2D eigenvalue weighted by Gasteiger charge is 2.43. The lowest BCUT2D eigenvalue weighted by Gasteiger charge is -2.20. The molecule has 1 aliphatic heterocycles. The molecule has 2 aliphatic rings. The summed E-state index contributed by atoms with van der Waals surface area (Å²) in [5, 5.41) is 0. The van der Waals surface area contributed by atoms with Crippen LogP contribution in [0.3, 0.4) is 0 Å². The molecule has 1 aromatic carbocycles. The number of hydrogen-bond donors (Lipinski definition) is 0. The van der Waals surface area contributed by atoms with Crippen LogP contribution in [-0.2, 0) is 9.47 Å².